The molecule has 1 aromatic heterocycles. The summed E-state index contributed by atoms with van der Waals surface area (Å²) in [6.07, 6.45) is 1.05. The van der Waals surface area contributed by atoms with Crippen LogP contribution in [0.1, 0.15) is 27.7 Å². The van der Waals surface area contributed by atoms with E-state index in [4.69, 9.17) is 0 Å². The van der Waals surface area contributed by atoms with Gasteiger partial charge in [0.05, 0.1) is 0 Å². The Morgan fingerprint density at radius 3 is 2.80 bits per heavy atom. The minimum atomic E-state index is -2.87. The summed E-state index contributed by atoms with van der Waals surface area (Å²) >= 11 is 1.81. The summed E-state index contributed by atoms with van der Waals surface area (Å²) in [5.41, 5.74) is 1.80. The summed E-state index contributed by atoms with van der Waals surface area (Å²) in [6, 6.07) is 8.09. The van der Waals surface area contributed by atoms with Gasteiger partial charge in [0.25, 0.3) is 5.91 Å². The molecule has 2 aromatic rings. The maximum atomic E-state index is 12.2. The van der Waals surface area contributed by atoms with Gasteiger partial charge in [-0.3, -0.25) is 9.69 Å². The van der Waals surface area contributed by atoms with Gasteiger partial charge in [-0.25, -0.2) is 0 Å². The molecule has 0 aliphatic carbocycles. The van der Waals surface area contributed by atoms with Crippen LogP contribution in [0.4, 0.5) is 8.78 Å². The molecule has 1 unspecified atom stereocenters. The van der Waals surface area contributed by atoms with Crippen LogP contribution < -0.4 is 10.1 Å². The van der Waals surface area contributed by atoms with Crippen LogP contribution >= 0.6 is 11.3 Å². The van der Waals surface area contributed by atoms with Crippen LogP contribution in [0.2, 0.25) is 0 Å². The lowest BCUT2D eigenvalue weighted by Gasteiger charge is -2.32. The number of thiophene rings is 1. The monoisotopic (exact) mass is 366 g/mol. The molecule has 1 aliphatic heterocycles. The van der Waals surface area contributed by atoms with E-state index < -0.39 is 6.61 Å². The second kappa shape index (κ2) is 7.93. The number of hydrogen-bond donors (Lipinski definition) is 1. The SMILES string of the molecule is CC(CNC(=O)c1ccc(OC(F)F)cc1)N1CCc2sccc2C1. The number of nitrogens with one attached hydrogen (secondary N) is 1. The van der Waals surface area contributed by atoms with Gasteiger partial charge in [-0.05, 0) is 54.6 Å². The maximum absolute atomic E-state index is 12.2. The van der Waals surface area contributed by atoms with E-state index in [-0.39, 0.29) is 17.7 Å². The zero-order valence-corrected chi connectivity index (χ0v) is 14.7. The fourth-order valence-electron chi connectivity index (χ4n) is 2.91. The Bertz CT molecular complexity index is 718. The Morgan fingerprint density at radius 2 is 2.08 bits per heavy atom. The lowest BCUT2D eigenvalue weighted by molar-refractivity contribution is -0.0498. The summed E-state index contributed by atoms with van der Waals surface area (Å²) in [4.78, 5) is 16.0. The molecule has 1 aliphatic rings. The largest absolute Gasteiger partial charge is 0.435 e. The van der Waals surface area contributed by atoms with Crippen molar-refractivity contribution in [2.24, 2.45) is 0 Å². The molecule has 134 valence electrons. The topological polar surface area (TPSA) is 41.6 Å². The minimum absolute atomic E-state index is 0.0415. The highest BCUT2D eigenvalue weighted by Crippen LogP contribution is 2.25. The number of carbonyl (C=O) groups is 1. The molecule has 0 saturated carbocycles. The number of alkyl halides is 2. The lowest BCUT2D eigenvalue weighted by atomic mass is 10.1. The third-order valence-corrected chi connectivity index (χ3v) is 5.38. The number of ether oxygens (including phenoxy) is 1. The summed E-state index contributed by atoms with van der Waals surface area (Å²) < 4.78 is 28.5. The first-order valence-corrected chi connectivity index (χ1v) is 9.03. The first-order chi connectivity index (χ1) is 12.0. The van der Waals surface area contributed by atoms with E-state index in [1.54, 1.807) is 11.3 Å². The second-order valence-corrected chi connectivity index (χ2v) is 7.05. The van der Waals surface area contributed by atoms with Gasteiger partial charge >= 0.3 is 6.61 Å². The highest BCUT2D eigenvalue weighted by molar-refractivity contribution is 7.10. The van der Waals surface area contributed by atoms with Crippen molar-refractivity contribution < 1.29 is 18.3 Å². The van der Waals surface area contributed by atoms with E-state index in [1.807, 2.05) is 0 Å². The molecule has 1 amide bonds. The van der Waals surface area contributed by atoms with Gasteiger partial charge in [0.15, 0.2) is 0 Å². The number of benzene rings is 1. The van der Waals surface area contributed by atoms with Gasteiger partial charge < -0.3 is 10.1 Å². The van der Waals surface area contributed by atoms with Gasteiger partial charge in [0, 0.05) is 36.1 Å². The molecule has 0 bridgehead atoms. The number of hydrogen-bond acceptors (Lipinski definition) is 4. The summed E-state index contributed by atoms with van der Waals surface area (Å²) in [7, 11) is 0. The van der Waals surface area contributed by atoms with E-state index in [0.29, 0.717) is 12.1 Å². The van der Waals surface area contributed by atoms with Crippen molar-refractivity contribution in [2.45, 2.75) is 32.5 Å². The zero-order valence-electron chi connectivity index (χ0n) is 13.9. The van der Waals surface area contributed by atoms with Gasteiger partial charge in [0.1, 0.15) is 5.75 Å². The molecule has 3 rings (SSSR count). The third kappa shape index (κ3) is 4.55. The molecular weight excluding hydrogens is 346 g/mol. The standard InChI is InChI=1S/C18H20F2N2O2S/c1-12(22-8-6-16-14(11-22)7-9-25-16)10-21-17(23)13-2-4-15(5-3-13)24-18(19)20/h2-5,7,9,12,18H,6,8,10-11H2,1H3,(H,21,23). The van der Waals surface area contributed by atoms with Crippen LogP contribution in [0, 0.1) is 0 Å². The van der Waals surface area contributed by atoms with Crippen molar-refractivity contribution >= 4 is 17.2 Å². The van der Waals surface area contributed by atoms with Crippen molar-refractivity contribution in [3.05, 3.63) is 51.7 Å². The molecule has 0 radical (unpaired) electrons. The van der Waals surface area contributed by atoms with Crippen LogP contribution in [0.15, 0.2) is 35.7 Å². The fourth-order valence-corrected chi connectivity index (χ4v) is 3.80. The number of amides is 1. The van der Waals surface area contributed by atoms with Gasteiger partial charge in [0.2, 0.25) is 0 Å². The van der Waals surface area contributed by atoms with E-state index >= 15 is 0 Å². The van der Waals surface area contributed by atoms with Crippen LogP contribution in [-0.2, 0) is 13.0 Å². The smallest absolute Gasteiger partial charge is 0.387 e. The van der Waals surface area contributed by atoms with E-state index in [2.05, 4.69) is 33.3 Å². The number of nitrogens with zero attached hydrogens (tertiary/aromatic N) is 1. The number of fused-ring (bicyclic) bond motifs is 1. The van der Waals surface area contributed by atoms with Gasteiger partial charge in [-0.15, -0.1) is 11.3 Å². The Kier molecular flexibility index (Phi) is 5.65. The first kappa shape index (κ1) is 17.8. The fraction of sp³-hybridized carbons (Fsp3) is 0.389. The van der Waals surface area contributed by atoms with Crippen molar-refractivity contribution in [3.8, 4) is 5.75 Å². The lowest BCUT2D eigenvalue weighted by Crippen LogP contribution is -2.44. The van der Waals surface area contributed by atoms with Gasteiger partial charge in [-0.2, -0.15) is 8.78 Å². The molecule has 0 saturated heterocycles. The highest BCUT2D eigenvalue weighted by atomic mass is 32.1. The summed E-state index contributed by atoms with van der Waals surface area (Å²) in [5.74, 6) is -0.177. The van der Waals surface area contributed by atoms with E-state index in [0.717, 1.165) is 19.5 Å². The predicted octanol–water partition coefficient (Wildman–Crippen LogP) is 3.53. The maximum Gasteiger partial charge on any atom is 0.387 e. The minimum Gasteiger partial charge on any atom is -0.435 e. The second-order valence-electron chi connectivity index (χ2n) is 6.05. The molecule has 25 heavy (non-hydrogen) atoms. The van der Waals surface area contributed by atoms with Crippen LogP contribution in [-0.4, -0.2) is 36.5 Å². The number of carbonyl (C=O) groups excluding carboxylic acids is 1. The molecule has 2 heterocycles. The van der Waals surface area contributed by atoms with Crippen molar-refractivity contribution in [1.29, 1.82) is 0 Å². The molecule has 1 aromatic carbocycles. The molecule has 0 fully saturated rings. The predicted molar refractivity (Wildman–Crippen MR) is 93.3 cm³/mol. The van der Waals surface area contributed by atoms with Crippen molar-refractivity contribution in [2.75, 3.05) is 13.1 Å². The number of halogens is 2. The Balaban J connectivity index is 1.50. The average Bonchev–Trinajstić information content (AvgIpc) is 3.07. The summed E-state index contributed by atoms with van der Waals surface area (Å²) in [5, 5.41) is 5.03. The average molecular weight is 366 g/mol. The zero-order chi connectivity index (χ0) is 17.8. The quantitative estimate of drug-likeness (QED) is 0.850. The van der Waals surface area contributed by atoms with Crippen LogP contribution in [0.5, 0.6) is 5.75 Å². The third-order valence-electron chi connectivity index (χ3n) is 4.36. The van der Waals surface area contributed by atoms with Crippen LogP contribution in [0.3, 0.4) is 0 Å². The molecule has 1 N–H and O–H groups in total. The van der Waals surface area contributed by atoms with E-state index in [9.17, 15) is 13.6 Å². The van der Waals surface area contributed by atoms with Gasteiger partial charge in [-0.1, -0.05) is 0 Å². The van der Waals surface area contributed by atoms with Crippen LogP contribution in [0.25, 0.3) is 0 Å². The Hall–Kier alpha value is -1.99. The molecular formula is C18H20F2N2O2S. The number of rotatable bonds is 6. The molecule has 0 spiro atoms. The molecule has 7 heteroatoms. The first-order valence-electron chi connectivity index (χ1n) is 8.15. The normalized spacial score (nSPS) is 15.7. The molecule has 4 nitrogen and oxygen atoms in total. The van der Waals surface area contributed by atoms with E-state index in [1.165, 1.54) is 34.7 Å². The highest BCUT2D eigenvalue weighted by Gasteiger charge is 2.21. The Labute approximate surface area is 149 Å². The summed E-state index contributed by atoms with van der Waals surface area (Å²) in [6.45, 7) is 1.67. The van der Waals surface area contributed by atoms with Crippen molar-refractivity contribution in [1.82, 2.24) is 10.2 Å². The molecule has 1 atom stereocenters. The van der Waals surface area contributed by atoms with Crippen molar-refractivity contribution in [3.63, 3.8) is 0 Å². The Morgan fingerprint density at radius 1 is 1.32 bits per heavy atom.